The van der Waals surface area contributed by atoms with Crippen LogP contribution in [0.4, 0.5) is 0 Å². The topological polar surface area (TPSA) is 47.6 Å². The fraction of sp³-hybridized carbons (Fsp3) is 0.381. The lowest BCUT2D eigenvalue weighted by molar-refractivity contribution is -0.128. The number of rotatable bonds is 8. The summed E-state index contributed by atoms with van der Waals surface area (Å²) < 4.78 is 11.0. The predicted molar refractivity (Wildman–Crippen MR) is 99.9 cm³/mol. The van der Waals surface area contributed by atoms with Gasteiger partial charge in [-0.05, 0) is 37.0 Å². The number of benzene rings is 2. The predicted octanol–water partition coefficient (Wildman–Crippen LogP) is 4.37. The third kappa shape index (κ3) is 5.82. The van der Waals surface area contributed by atoms with Crippen molar-refractivity contribution < 1.29 is 14.3 Å². The van der Waals surface area contributed by atoms with Crippen LogP contribution in [-0.4, -0.2) is 19.1 Å². The minimum absolute atomic E-state index is 0.0231. The van der Waals surface area contributed by atoms with E-state index in [2.05, 4.69) is 19.2 Å². The van der Waals surface area contributed by atoms with Crippen LogP contribution < -0.4 is 14.8 Å². The summed E-state index contributed by atoms with van der Waals surface area (Å²) in [5, 5.41) is 3.12. The molecule has 0 spiro atoms. The van der Waals surface area contributed by atoms with Gasteiger partial charge in [0.1, 0.15) is 11.5 Å². The van der Waals surface area contributed by atoms with Crippen LogP contribution in [0.1, 0.15) is 38.8 Å². The monoisotopic (exact) mass is 341 g/mol. The molecule has 0 bridgehead atoms. The Hall–Kier alpha value is -2.49. The number of amides is 1. The van der Waals surface area contributed by atoms with E-state index < -0.39 is 6.10 Å². The Balaban J connectivity index is 2.03. The highest BCUT2D eigenvalue weighted by molar-refractivity contribution is 5.81. The molecule has 0 aromatic heterocycles. The second kappa shape index (κ2) is 9.11. The number of ether oxygens (including phenoxy) is 2. The molecule has 0 saturated heterocycles. The van der Waals surface area contributed by atoms with Crippen molar-refractivity contribution in [2.24, 2.45) is 5.92 Å². The lowest BCUT2D eigenvalue weighted by Crippen LogP contribution is -2.39. The van der Waals surface area contributed by atoms with Gasteiger partial charge in [-0.1, -0.05) is 50.2 Å². The van der Waals surface area contributed by atoms with Crippen molar-refractivity contribution in [1.82, 2.24) is 5.32 Å². The van der Waals surface area contributed by atoms with Crippen LogP contribution in [-0.2, 0) is 4.79 Å². The van der Waals surface area contributed by atoms with Gasteiger partial charge in [0.15, 0.2) is 6.10 Å². The highest BCUT2D eigenvalue weighted by atomic mass is 16.5. The van der Waals surface area contributed by atoms with Crippen LogP contribution in [0.3, 0.4) is 0 Å². The summed E-state index contributed by atoms with van der Waals surface area (Å²) in [4.78, 5) is 12.6. The summed E-state index contributed by atoms with van der Waals surface area (Å²) in [6.07, 6.45) is 0.284. The van der Waals surface area contributed by atoms with Crippen LogP contribution in [0.15, 0.2) is 54.6 Å². The summed E-state index contributed by atoms with van der Waals surface area (Å²) in [5.41, 5.74) is 1.11. The third-order valence-electron chi connectivity index (χ3n) is 3.95. The minimum atomic E-state index is -0.592. The van der Waals surface area contributed by atoms with Crippen LogP contribution in [0.2, 0.25) is 0 Å². The van der Waals surface area contributed by atoms with Gasteiger partial charge < -0.3 is 14.8 Å². The van der Waals surface area contributed by atoms with Crippen molar-refractivity contribution >= 4 is 5.91 Å². The van der Waals surface area contributed by atoms with Crippen LogP contribution in [0, 0.1) is 5.92 Å². The van der Waals surface area contributed by atoms with E-state index in [9.17, 15) is 4.79 Å². The van der Waals surface area contributed by atoms with Gasteiger partial charge >= 0.3 is 0 Å². The van der Waals surface area contributed by atoms with Crippen molar-refractivity contribution in [2.45, 2.75) is 39.3 Å². The number of carbonyl (C=O) groups excluding carboxylic acids is 1. The van der Waals surface area contributed by atoms with E-state index in [0.717, 1.165) is 12.0 Å². The van der Waals surface area contributed by atoms with Crippen molar-refractivity contribution in [3.05, 3.63) is 60.2 Å². The molecule has 4 heteroatoms. The van der Waals surface area contributed by atoms with Crippen molar-refractivity contribution in [1.29, 1.82) is 0 Å². The van der Waals surface area contributed by atoms with Crippen molar-refractivity contribution in [2.75, 3.05) is 7.11 Å². The van der Waals surface area contributed by atoms with Gasteiger partial charge in [-0.2, -0.15) is 0 Å². The van der Waals surface area contributed by atoms with Crippen LogP contribution in [0.5, 0.6) is 11.5 Å². The lowest BCUT2D eigenvalue weighted by Gasteiger charge is -2.23. The molecule has 1 N–H and O–H groups in total. The van der Waals surface area contributed by atoms with E-state index in [1.165, 1.54) is 0 Å². The van der Waals surface area contributed by atoms with E-state index in [-0.39, 0.29) is 11.9 Å². The smallest absolute Gasteiger partial charge is 0.261 e. The number of hydrogen-bond acceptors (Lipinski definition) is 3. The van der Waals surface area contributed by atoms with Gasteiger partial charge in [0.2, 0.25) is 0 Å². The SMILES string of the molecule is COc1cccc(O[C@H](C)C(=O)N[C@H](CC(C)C)c2ccccc2)c1. The minimum Gasteiger partial charge on any atom is -0.497 e. The zero-order valence-corrected chi connectivity index (χ0v) is 15.4. The van der Waals surface area contributed by atoms with E-state index in [0.29, 0.717) is 17.4 Å². The summed E-state index contributed by atoms with van der Waals surface area (Å²) in [6.45, 7) is 6.06. The Bertz CT molecular complexity index is 670. The second-order valence-corrected chi connectivity index (χ2v) is 6.54. The summed E-state index contributed by atoms with van der Waals surface area (Å²) in [7, 11) is 1.60. The Morgan fingerprint density at radius 3 is 2.32 bits per heavy atom. The molecule has 0 radical (unpaired) electrons. The van der Waals surface area contributed by atoms with Crippen molar-refractivity contribution in [3.63, 3.8) is 0 Å². The molecule has 2 aromatic rings. The molecule has 25 heavy (non-hydrogen) atoms. The molecule has 0 aliphatic rings. The highest BCUT2D eigenvalue weighted by Gasteiger charge is 2.21. The highest BCUT2D eigenvalue weighted by Crippen LogP contribution is 2.23. The molecule has 0 unspecified atom stereocenters. The van der Waals surface area contributed by atoms with Gasteiger partial charge in [0.25, 0.3) is 5.91 Å². The van der Waals surface area contributed by atoms with Gasteiger partial charge in [-0.3, -0.25) is 4.79 Å². The Morgan fingerprint density at radius 2 is 1.68 bits per heavy atom. The first-order chi connectivity index (χ1) is 12.0. The largest absolute Gasteiger partial charge is 0.497 e. The van der Waals surface area contributed by atoms with E-state index in [4.69, 9.17) is 9.47 Å². The molecule has 134 valence electrons. The normalized spacial score (nSPS) is 13.2. The molecule has 0 heterocycles. The van der Waals surface area contributed by atoms with Gasteiger partial charge in [0.05, 0.1) is 13.2 Å². The fourth-order valence-electron chi connectivity index (χ4n) is 2.66. The number of nitrogens with one attached hydrogen (secondary N) is 1. The van der Waals surface area contributed by atoms with Gasteiger partial charge in [-0.15, -0.1) is 0 Å². The van der Waals surface area contributed by atoms with Crippen molar-refractivity contribution in [3.8, 4) is 11.5 Å². The maximum Gasteiger partial charge on any atom is 0.261 e. The van der Waals surface area contributed by atoms with Crippen LogP contribution in [0.25, 0.3) is 0 Å². The molecule has 1 amide bonds. The molecule has 2 aromatic carbocycles. The van der Waals surface area contributed by atoms with E-state index >= 15 is 0 Å². The molecule has 4 nitrogen and oxygen atoms in total. The number of methoxy groups -OCH3 is 1. The summed E-state index contributed by atoms with van der Waals surface area (Å²) in [6, 6.07) is 17.3. The fourth-order valence-corrected chi connectivity index (χ4v) is 2.66. The molecule has 0 fully saturated rings. The molecule has 0 aliphatic carbocycles. The zero-order chi connectivity index (χ0) is 18.2. The molecule has 2 rings (SSSR count). The maximum absolute atomic E-state index is 12.6. The summed E-state index contributed by atoms with van der Waals surface area (Å²) >= 11 is 0. The van der Waals surface area contributed by atoms with Gasteiger partial charge in [0, 0.05) is 6.07 Å². The Morgan fingerprint density at radius 1 is 1.00 bits per heavy atom. The third-order valence-corrected chi connectivity index (χ3v) is 3.95. The molecule has 2 atom stereocenters. The average Bonchev–Trinajstić information content (AvgIpc) is 2.61. The molecule has 0 aliphatic heterocycles. The Kier molecular flexibility index (Phi) is 6.87. The first kappa shape index (κ1) is 18.8. The molecular weight excluding hydrogens is 314 g/mol. The zero-order valence-electron chi connectivity index (χ0n) is 15.4. The molecular formula is C21H27NO3. The molecule has 0 saturated carbocycles. The van der Waals surface area contributed by atoms with Gasteiger partial charge in [-0.25, -0.2) is 0 Å². The van der Waals surface area contributed by atoms with E-state index in [1.807, 2.05) is 48.5 Å². The lowest BCUT2D eigenvalue weighted by atomic mass is 9.97. The standard InChI is InChI=1S/C21H27NO3/c1-15(2)13-20(17-9-6-5-7-10-17)22-21(23)16(3)25-19-12-8-11-18(14-19)24-4/h5-12,14-16,20H,13H2,1-4H3,(H,22,23)/t16-,20-/m1/s1. The Labute approximate surface area is 150 Å². The number of hydrogen-bond donors (Lipinski definition) is 1. The second-order valence-electron chi connectivity index (χ2n) is 6.54. The average molecular weight is 341 g/mol. The quantitative estimate of drug-likeness (QED) is 0.776. The van der Waals surface area contributed by atoms with Crippen LogP contribution >= 0.6 is 0 Å². The maximum atomic E-state index is 12.6. The first-order valence-corrected chi connectivity index (χ1v) is 8.65. The number of carbonyl (C=O) groups is 1. The first-order valence-electron chi connectivity index (χ1n) is 8.65. The van der Waals surface area contributed by atoms with E-state index in [1.54, 1.807) is 20.1 Å². The summed E-state index contributed by atoms with van der Waals surface area (Å²) in [5.74, 6) is 1.66.